The van der Waals surface area contributed by atoms with Gasteiger partial charge in [-0.05, 0) is 18.2 Å². The Balaban J connectivity index is 3.24. The van der Waals surface area contributed by atoms with Gasteiger partial charge in [0, 0.05) is 5.75 Å². The van der Waals surface area contributed by atoms with Crippen molar-refractivity contribution in [1.29, 1.82) is 5.26 Å². The van der Waals surface area contributed by atoms with E-state index in [2.05, 4.69) is 4.18 Å². The number of nitriles is 1. The standard InChI is InChI=1S/C5H9NO3S2/c1-11(7,8)9-3-2-4-10-5-6/h2-4H2,1H3. The molecule has 0 aliphatic heterocycles. The maximum atomic E-state index is 10.4. The van der Waals surface area contributed by atoms with E-state index in [1.54, 1.807) is 0 Å². The number of nitrogens with zero attached hydrogens (tertiary/aromatic N) is 1. The minimum Gasteiger partial charge on any atom is -0.270 e. The molecule has 0 amide bonds. The first-order valence-electron chi connectivity index (χ1n) is 2.91. The molecule has 6 heteroatoms. The summed E-state index contributed by atoms with van der Waals surface area (Å²) in [5, 5.41) is 9.96. The number of hydrogen-bond acceptors (Lipinski definition) is 5. The molecule has 0 aliphatic carbocycles. The van der Waals surface area contributed by atoms with Crippen LogP contribution < -0.4 is 0 Å². The Morgan fingerprint density at radius 3 is 2.73 bits per heavy atom. The largest absolute Gasteiger partial charge is 0.270 e. The third-order valence-corrected chi connectivity index (χ3v) is 1.97. The summed E-state index contributed by atoms with van der Waals surface area (Å²) in [7, 11) is -3.30. The van der Waals surface area contributed by atoms with Gasteiger partial charge in [0.05, 0.1) is 12.9 Å². The predicted octanol–water partition coefficient (Wildman–Crippen LogP) is 0.567. The van der Waals surface area contributed by atoms with Crippen molar-refractivity contribution in [2.45, 2.75) is 6.42 Å². The molecule has 0 unspecified atom stereocenters. The van der Waals surface area contributed by atoms with Crippen molar-refractivity contribution in [1.82, 2.24) is 0 Å². The van der Waals surface area contributed by atoms with Crippen LogP contribution in [-0.2, 0) is 14.3 Å². The van der Waals surface area contributed by atoms with Gasteiger partial charge in [-0.2, -0.15) is 13.7 Å². The van der Waals surface area contributed by atoms with Gasteiger partial charge in [0.15, 0.2) is 0 Å². The van der Waals surface area contributed by atoms with Gasteiger partial charge in [0.2, 0.25) is 0 Å². The van der Waals surface area contributed by atoms with Crippen LogP contribution in [0.25, 0.3) is 0 Å². The van der Waals surface area contributed by atoms with E-state index in [4.69, 9.17) is 5.26 Å². The van der Waals surface area contributed by atoms with Gasteiger partial charge in [0.25, 0.3) is 10.1 Å². The highest BCUT2D eigenvalue weighted by molar-refractivity contribution is 8.03. The van der Waals surface area contributed by atoms with E-state index in [0.717, 1.165) is 18.0 Å². The van der Waals surface area contributed by atoms with Gasteiger partial charge >= 0.3 is 0 Å². The van der Waals surface area contributed by atoms with E-state index in [-0.39, 0.29) is 6.61 Å². The normalized spacial score (nSPS) is 10.9. The lowest BCUT2D eigenvalue weighted by Crippen LogP contribution is -2.04. The Bertz CT molecular complexity index is 229. The van der Waals surface area contributed by atoms with Crippen LogP contribution in [-0.4, -0.2) is 27.0 Å². The van der Waals surface area contributed by atoms with Crippen molar-refractivity contribution in [3.05, 3.63) is 0 Å². The summed E-state index contributed by atoms with van der Waals surface area (Å²) in [6.07, 6.45) is 1.58. The molecule has 0 spiro atoms. The van der Waals surface area contributed by atoms with E-state index < -0.39 is 10.1 Å². The third-order valence-electron chi connectivity index (χ3n) is 0.753. The molecule has 64 valence electrons. The van der Waals surface area contributed by atoms with Gasteiger partial charge in [0.1, 0.15) is 5.40 Å². The Kier molecular flexibility index (Phi) is 5.28. The molecule has 0 radical (unpaired) electrons. The van der Waals surface area contributed by atoms with Crippen molar-refractivity contribution in [3.63, 3.8) is 0 Å². The van der Waals surface area contributed by atoms with Gasteiger partial charge in [-0.1, -0.05) is 0 Å². The van der Waals surface area contributed by atoms with Gasteiger partial charge in [-0.25, -0.2) is 0 Å². The summed E-state index contributed by atoms with van der Waals surface area (Å²) in [5.41, 5.74) is 0. The quantitative estimate of drug-likeness (QED) is 0.364. The lowest BCUT2D eigenvalue weighted by molar-refractivity contribution is 0.323. The van der Waals surface area contributed by atoms with Crippen LogP contribution in [0, 0.1) is 10.7 Å². The summed E-state index contributed by atoms with van der Waals surface area (Å²) in [4.78, 5) is 0. The first-order chi connectivity index (χ1) is 5.06. The van der Waals surface area contributed by atoms with Gasteiger partial charge < -0.3 is 0 Å². The highest BCUT2D eigenvalue weighted by Gasteiger charge is 1.99. The van der Waals surface area contributed by atoms with E-state index in [0.29, 0.717) is 12.2 Å². The fraction of sp³-hybridized carbons (Fsp3) is 0.800. The Labute approximate surface area is 70.7 Å². The number of hydrogen-bond donors (Lipinski definition) is 0. The monoisotopic (exact) mass is 195 g/mol. The average molecular weight is 195 g/mol. The first-order valence-corrected chi connectivity index (χ1v) is 5.72. The molecule has 0 bridgehead atoms. The van der Waals surface area contributed by atoms with Gasteiger partial charge in [-0.15, -0.1) is 0 Å². The molecule has 0 fully saturated rings. The van der Waals surface area contributed by atoms with Crippen LogP contribution in [0.1, 0.15) is 6.42 Å². The third kappa shape index (κ3) is 9.75. The number of thioether (sulfide) groups is 1. The van der Waals surface area contributed by atoms with Crippen LogP contribution in [0.5, 0.6) is 0 Å². The highest BCUT2D eigenvalue weighted by Crippen LogP contribution is 1.99. The molecule has 11 heavy (non-hydrogen) atoms. The molecule has 0 N–H and O–H groups in total. The minimum atomic E-state index is -3.30. The Morgan fingerprint density at radius 2 is 2.27 bits per heavy atom. The van der Waals surface area contributed by atoms with E-state index in [1.165, 1.54) is 0 Å². The van der Waals surface area contributed by atoms with Gasteiger partial charge in [-0.3, -0.25) is 4.18 Å². The molecule has 0 aliphatic rings. The zero-order valence-electron chi connectivity index (χ0n) is 6.11. The summed E-state index contributed by atoms with van der Waals surface area (Å²) in [6, 6.07) is 0. The van der Waals surface area contributed by atoms with Crippen molar-refractivity contribution >= 4 is 21.9 Å². The first kappa shape index (κ1) is 10.8. The average Bonchev–Trinajstić information content (AvgIpc) is 1.85. The van der Waals surface area contributed by atoms with Crippen LogP contribution in [0.4, 0.5) is 0 Å². The van der Waals surface area contributed by atoms with Crippen molar-refractivity contribution in [2.75, 3.05) is 18.6 Å². The Morgan fingerprint density at radius 1 is 1.64 bits per heavy atom. The number of thiocyanates is 1. The zero-order chi connectivity index (χ0) is 8.74. The Hall–Kier alpha value is -0.250. The van der Waals surface area contributed by atoms with Crippen LogP contribution >= 0.6 is 11.8 Å². The summed E-state index contributed by atoms with van der Waals surface area (Å²) >= 11 is 1.09. The lowest BCUT2D eigenvalue weighted by atomic mass is 10.5. The van der Waals surface area contributed by atoms with Crippen molar-refractivity contribution in [2.24, 2.45) is 0 Å². The molecular formula is C5H9NO3S2. The fourth-order valence-corrected chi connectivity index (χ4v) is 1.16. The van der Waals surface area contributed by atoms with E-state index in [9.17, 15) is 8.42 Å². The topological polar surface area (TPSA) is 67.2 Å². The van der Waals surface area contributed by atoms with E-state index >= 15 is 0 Å². The fourth-order valence-electron chi connectivity index (χ4n) is 0.387. The lowest BCUT2D eigenvalue weighted by Gasteiger charge is -1.97. The van der Waals surface area contributed by atoms with Crippen LogP contribution in [0.3, 0.4) is 0 Å². The molecule has 0 saturated heterocycles. The molecule has 0 aromatic carbocycles. The molecule has 0 heterocycles. The molecule has 0 aromatic heterocycles. The van der Waals surface area contributed by atoms with E-state index in [1.807, 2.05) is 5.40 Å². The SMILES string of the molecule is CS(=O)(=O)OCCCSC#N. The summed E-state index contributed by atoms with van der Waals surface area (Å²) in [6.45, 7) is 0.160. The molecule has 0 rings (SSSR count). The van der Waals surface area contributed by atoms with Crippen LogP contribution in [0.2, 0.25) is 0 Å². The maximum absolute atomic E-state index is 10.4. The molecule has 4 nitrogen and oxygen atoms in total. The second-order valence-corrected chi connectivity index (χ2v) is 4.34. The highest BCUT2D eigenvalue weighted by atomic mass is 32.2. The second kappa shape index (κ2) is 5.41. The van der Waals surface area contributed by atoms with Crippen molar-refractivity contribution < 1.29 is 12.6 Å². The molecular weight excluding hydrogens is 186 g/mol. The smallest absolute Gasteiger partial charge is 0.264 e. The molecule has 0 atom stereocenters. The summed E-state index contributed by atoms with van der Waals surface area (Å²) < 4.78 is 25.2. The van der Waals surface area contributed by atoms with Crippen LogP contribution in [0.15, 0.2) is 0 Å². The summed E-state index contributed by atoms with van der Waals surface area (Å²) in [5.74, 6) is 0.603. The number of rotatable bonds is 5. The molecule has 0 aromatic rings. The zero-order valence-corrected chi connectivity index (χ0v) is 7.74. The predicted molar refractivity (Wildman–Crippen MR) is 43.5 cm³/mol. The van der Waals surface area contributed by atoms with Crippen molar-refractivity contribution in [3.8, 4) is 5.40 Å². The second-order valence-electron chi connectivity index (χ2n) is 1.82. The minimum absolute atomic E-state index is 0.160. The molecule has 0 saturated carbocycles. The maximum Gasteiger partial charge on any atom is 0.264 e.